The largest absolute Gasteiger partial charge is 0.241 e. The lowest BCUT2D eigenvalue weighted by Crippen LogP contribution is -1.94. The number of hydrogen-bond acceptors (Lipinski definition) is 1. The van der Waals surface area contributed by atoms with Crippen molar-refractivity contribution in [1.82, 2.24) is 9.78 Å². The Bertz CT molecular complexity index is 378. The number of hydrogen-bond donors (Lipinski definition) is 0. The average molecular weight is 251 g/mol. The number of aryl methyl sites for hydroxylation is 1. The van der Waals surface area contributed by atoms with E-state index in [1.807, 2.05) is 16.9 Å². The standard InChI is InChI=1S/C11H11BrN2/c12-7-6-10-2-4-11(5-3-10)14-9-1-8-13-14/h1-5,8-9H,6-7H2. The Morgan fingerprint density at radius 3 is 2.57 bits per heavy atom. The van der Waals surface area contributed by atoms with Crippen LogP contribution in [-0.4, -0.2) is 15.1 Å². The van der Waals surface area contributed by atoms with Crippen LogP contribution in [0, 0.1) is 0 Å². The van der Waals surface area contributed by atoms with Gasteiger partial charge >= 0.3 is 0 Å². The first-order valence-electron chi connectivity index (χ1n) is 4.55. The van der Waals surface area contributed by atoms with E-state index in [9.17, 15) is 0 Å². The molecular weight excluding hydrogens is 240 g/mol. The minimum Gasteiger partial charge on any atom is -0.241 e. The summed E-state index contributed by atoms with van der Waals surface area (Å²) in [5, 5.41) is 5.18. The lowest BCUT2D eigenvalue weighted by Gasteiger charge is -2.02. The summed E-state index contributed by atoms with van der Waals surface area (Å²) in [6.07, 6.45) is 4.80. The third kappa shape index (κ3) is 2.04. The van der Waals surface area contributed by atoms with Crippen LogP contribution in [0.5, 0.6) is 0 Å². The Hall–Kier alpha value is -1.09. The maximum absolute atomic E-state index is 4.17. The molecule has 2 nitrogen and oxygen atoms in total. The molecule has 0 aliphatic carbocycles. The Morgan fingerprint density at radius 2 is 2.00 bits per heavy atom. The molecule has 0 saturated carbocycles. The molecule has 0 spiro atoms. The van der Waals surface area contributed by atoms with E-state index < -0.39 is 0 Å². The van der Waals surface area contributed by atoms with E-state index in [2.05, 4.69) is 45.3 Å². The number of aromatic nitrogens is 2. The second kappa shape index (κ2) is 4.42. The SMILES string of the molecule is BrCCc1ccc(-n2cccn2)cc1. The molecule has 0 atom stereocenters. The normalized spacial score (nSPS) is 10.4. The molecule has 2 aromatic rings. The summed E-state index contributed by atoms with van der Waals surface area (Å²) in [5.74, 6) is 0. The average Bonchev–Trinajstić information content (AvgIpc) is 2.72. The van der Waals surface area contributed by atoms with Gasteiger partial charge in [-0.05, 0) is 30.2 Å². The van der Waals surface area contributed by atoms with Crippen LogP contribution in [0.15, 0.2) is 42.7 Å². The van der Waals surface area contributed by atoms with Crippen molar-refractivity contribution in [3.05, 3.63) is 48.3 Å². The lowest BCUT2D eigenvalue weighted by atomic mass is 10.1. The fourth-order valence-corrected chi connectivity index (χ4v) is 1.80. The van der Waals surface area contributed by atoms with E-state index in [1.165, 1.54) is 5.56 Å². The van der Waals surface area contributed by atoms with Gasteiger partial charge < -0.3 is 0 Å². The molecule has 0 fully saturated rings. The molecule has 1 heterocycles. The topological polar surface area (TPSA) is 17.8 Å². The highest BCUT2D eigenvalue weighted by Gasteiger charge is 1.95. The second-order valence-corrected chi connectivity index (χ2v) is 3.85. The van der Waals surface area contributed by atoms with Crippen molar-refractivity contribution in [1.29, 1.82) is 0 Å². The zero-order valence-electron chi connectivity index (χ0n) is 7.73. The van der Waals surface area contributed by atoms with Crippen molar-refractivity contribution < 1.29 is 0 Å². The second-order valence-electron chi connectivity index (χ2n) is 3.06. The molecule has 0 amide bonds. The first kappa shape index (κ1) is 9.46. The van der Waals surface area contributed by atoms with Crippen LogP contribution in [0.3, 0.4) is 0 Å². The number of rotatable bonds is 3. The van der Waals surface area contributed by atoms with E-state index in [0.717, 1.165) is 17.4 Å². The summed E-state index contributed by atoms with van der Waals surface area (Å²) < 4.78 is 1.86. The van der Waals surface area contributed by atoms with Crippen molar-refractivity contribution in [3.63, 3.8) is 0 Å². The van der Waals surface area contributed by atoms with Gasteiger partial charge in [-0.15, -0.1) is 0 Å². The van der Waals surface area contributed by atoms with Crippen molar-refractivity contribution >= 4 is 15.9 Å². The molecule has 0 aliphatic heterocycles. The van der Waals surface area contributed by atoms with Gasteiger partial charge in [0.1, 0.15) is 0 Å². The highest BCUT2D eigenvalue weighted by molar-refractivity contribution is 9.09. The Balaban J connectivity index is 2.22. The molecule has 0 unspecified atom stereocenters. The lowest BCUT2D eigenvalue weighted by molar-refractivity contribution is 0.879. The predicted octanol–water partition coefficient (Wildman–Crippen LogP) is 2.81. The van der Waals surface area contributed by atoms with Crippen molar-refractivity contribution in [2.45, 2.75) is 6.42 Å². The fourth-order valence-electron chi connectivity index (χ4n) is 1.35. The maximum atomic E-state index is 4.17. The predicted molar refractivity (Wildman–Crippen MR) is 61.1 cm³/mol. The van der Waals surface area contributed by atoms with Crippen LogP contribution in [0.4, 0.5) is 0 Å². The first-order valence-corrected chi connectivity index (χ1v) is 5.67. The Morgan fingerprint density at radius 1 is 1.21 bits per heavy atom. The highest BCUT2D eigenvalue weighted by Crippen LogP contribution is 2.09. The molecule has 0 N–H and O–H groups in total. The quantitative estimate of drug-likeness (QED) is 0.767. The zero-order valence-corrected chi connectivity index (χ0v) is 9.31. The number of alkyl halides is 1. The van der Waals surface area contributed by atoms with Crippen LogP contribution in [0.2, 0.25) is 0 Å². The molecule has 3 heteroatoms. The summed E-state index contributed by atoms with van der Waals surface area (Å²) >= 11 is 3.43. The molecule has 0 radical (unpaired) electrons. The summed E-state index contributed by atoms with van der Waals surface area (Å²) in [7, 11) is 0. The first-order chi connectivity index (χ1) is 6.90. The van der Waals surface area contributed by atoms with Gasteiger partial charge in [0.25, 0.3) is 0 Å². The van der Waals surface area contributed by atoms with Crippen molar-refractivity contribution in [2.24, 2.45) is 0 Å². The molecule has 1 aromatic carbocycles. The van der Waals surface area contributed by atoms with Crippen LogP contribution in [0.1, 0.15) is 5.56 Å². The summed E-state index contributed by atoms with van der Waals surface area (Å²) in [6.45, 7) is 0. The smallest absolute Gasteiger partial charge is 0.0645 e. The highest BCUT2D eigenvalue weighted by atomic mass is 79.9. The Labute approximate surface area is 91.7 Å². The van der Waals surface area contributed by atoms with Crippen molar-refractivity contribution in [2.75, 3.05) is 5.33 Å². The van der Waals surface area contributed by atoms with Crippen LogP contribution in [0.25, 0.3) is 5.69 Å². The number of halogens is 1. The number of nitrogens with zero attached hydrogens (tertiary/aromatic N) is 2. The monoisotopic (exact) mass is 250 g/mol. The minimum absolute atomic E-state index is 1.01. The van der Waals surface area contributed by atoms with E-state index in [4.69, 9.17) is 0 Å². The summed E-state index contributed by atoms with van der Waals surface area (Å²) in [5.41, 5.74) is 2.45. The molecule has 14 heavy (non-hydrogen) atoms. The summed E-state index contributed by atoms with van der Waals surface area (Å²) in [6, 6.07) is 10.4. The van der Waals surface area contributed by atoms with Gasteiger partial charge in [-0.1, -0.05) is 28.1 Å². The van der Waals surface area contributed by atoms with Crippen LogP contribution < -0.4 is 0 Å². The van der Waals surface area contributed by atoms with Gasteiger partial charge in [-0.25, -0.2) is 4.68 Å². The van der Waals surface area contributed by atoms with E-state index in [-0.39, 0.29) is 0 Å². The van der Waals surface area contributed by atoms with Gasteiger partial charge in [-0.3, -0.25) is 0 Å². The van der Waals surface area contributed by atoms with Crippen molar-refractivity contribution in [3.8, 4) is 5.69 Å². The molecule has 72 valence electrons. The molecule has 0 saturated heterocycles. The van der Waals surface area contributed by atoms with Gasteiger partial charge in [0.05, 0.1) is 5.69 Å². The minimum atomic E-state index is 1.01. The third-order valence-electron chi connectivity index (χ3n) is 2.09. The zero-order chi connectivity index (χ0) is 9.80. The Kier molecular flexibility index (Phi) is 2.99. The maximum Gasteiger partial charge on any atom is 0.0645 e. The van der Waals surface area contributed by atoms with E-state index in [1.54, 1.807) is 6.20 Å². The molecular formula is C11H11BrN2. The van der Waals surface area contributed by atoms with Crippen LogP contribution >= 0.6 is 15.9 Å². The van der Waals surface area contributed by atoms with Gasteiger partial charge in [-0.2, -0.15) is 5.10 Å². The molecule has 2 rings (SSSR count). The molecule has 1 aromatic heterocycles. The van der Waals surface area contributed by atoms with Gasteiger partial charge in [0, 0.05) is 17.7 Å². The molecule has 0 bridgehead atoms. The van der Waals surface area contributed by atoms with E-state index >= 15 is 0 Å². The molecule has 0 aliphatic rings. The van der Waals surface area contributed by atoms with Gasteiger partial charge in [0.15, 0.2) is 0 Å². The third-order valence-corrected chi connectivity index (χ3v) is 2.48. The van der Waals surface area contributed by atoms with Gasteiger partial charge in [0.2, 0.25) is 0 Å². The van der Waals surface area contributed by atoms with Crippen LogP contribution in [-0.2, 0) is 6.42 Å². The van der Waals surface area contributed by atoms with E-state index in [0.29, 0.717) is 0 Å². The number of benzene rings is 1. The fraction of sp³-hybridized carbons (Fsp3) is 0.182. The summed E-state index contributed by atoms with van der Waals surface area (Å²) in [4.78, 5) is 0.